The number of carbonyl (C=O) groups excluding carboxylic acids is 1. The van der Waals surface area contributed by atoms with E-state index in [1.807, 2.05) is 0 Å². The number of esters is 1. The first-order valence-corrected chi connectivity index (χ1v) is 22.5. The molecule has 0 aromatic heterocycles. The Morgan fingerprint density at radius 3 is 1.37 bits per heavy atom. The Labute approximate surface area is 180 Å². The predicted molar refractivity (Wildman–Crippen MR) is 127 cm³/mol. The van der Waals surface area contributed by atoms with Gasteiger partial charge in [-0.25, -0.2) is 0 Å². The molecule has 0 saturated heterocycles. The van der Waals surface area contributed by atoms with E-state index < -0.39 is 18.4 Å². The van der Waals surface area contributed by atoms with E-state index in [1.165, 1.54) is 96.3 Å². The van der Waals surface area contributed by atoms with Crippen LogP contribution in [0.5, 0.6) is 0 Å². The minimum absolute atomic E-state index is 0.0809. The van der Waals surface area contributed by atoms with Crippen molar-refractivity contribution in [2.45, 2.75) is 128 Å². The van der Waals surface area contributed by atoms with Gasteiger partial charge in [0.1, 0.15) is 0 Å². The van der Waals surface area contributed by atoms with E-state index in [2.05, 4.69) is 34.4 Å². The molecule has 0 aliphatic heterocycles. The van der Waals surface area contributed by atoms with Gasteiger partial charge in [-0.2, -0.15) is 0 Å². The molecule has 0 saturated carbocycles. The van der Waals surface area contributed by atoms with Crippen LogP contribution >= 0.6 is 12.6 Å². The Morgan fingerprint density at radius 1 is 0.704 bits per heavy atom. The summed E-state index contributed by atoms with van der Waals surface area (Å²) < 4.78 is 5.26. The first-order valence-electron chi connectivity index (χ1n) is 11.7. The molecule has 0 N–H and O–H groups in total. The van der Waals surface area contributed by atoms with Gasteiger partial charge < -0.3 is 0 Å². The Balaban J connectivity index is 3.22. The van der Waals surface area contributed by atoms with Crippen molar-refractivity contribution < 1.29 is 9.53 Å². The van der Waals surface area contributed by atoms with Gasteiger partial charge in [0.25, 0.3) is 0 Å². The summed E-state index contributed by atoms with van der Waals surface area (Å²) in [6.45, 7) is 2.86. The SMILES string of the molecule is CCCCCCCCCCCCCCCCCCOC(=O)[CH](S)[Sn]([CH3])([CH3])[CH3]. The van der Waals surface area contributed by atoms with Crippen LogP contribution in [0.2, 0.25) is 14.8 Å². The van der Waals surface area contributed by atoms with Crippen LogP contribution < -0.4 is 0 Å². The first-order chi connectivity index (χ1) is 12.9. The summed E-state index contributed by atoms with van der Waals surface area (Å²) in [7, 11) is 0. The van der Waals surface area contributed by atoms with Crippen molar-refractivity contribution in [3.8, 4) is 0 Å². The molecule has 0 aromatic rings. The molecule has 0 radical (unpaired) electrons. The molecule has 0 amide bonds. The molecule has 0 aliphatic carbocycles. The van der Waals surface area contributed by atoms with E-state index in [0.717, 1.165) is 6.42 Å². The second kappa shape index (κ2) is 18.6. The summed E-state index contributed by atoms with van der Waals surface area (Å²) in [5.41, 5.74) is 0. The zero-order valence-corrected chi connectivity index (χ0v) is 22.6. The van der Waals surface area contributed by atoms with Crippen LogP contribution in [0.25, 0.3) is 0 Å². The van der Waals surface area contributed by atoms with Gasteiger partial charge in [0.05, 0.1) is 0 Å². The zero-order chi connectivity index (χ0) is 20.4. The number of hydrogen-bond acceptors (Lipinski definition) is 3. The van der Waals surface area contributed by atoms with Gasteiger partial charge in [-0.1, -0.05) is 58.3 Å². The summed E-state index contributed by atoms with van der Waals surface area (Å²) in [6, 6.07) is 0. The van der Waals surface area contributed by atoms with Crippen LogP contribution in [0.15, 0.2) is 0 Å². The fourth-order valence-electron chi connectivity index (χ4n) is 3.26. The monoisotopic (exact) mass is 508 g/mol. The standard InChI is InChI=1S/C20H39O2S.3CH3.Sn/c1-2-3-4-5-6-7-8-9-10-11-12-13-14-15-16-17-18-22-20(21)19-23;;;;/h19,23H,2-18H2,1H3;3*1H3;. The Hall–Kier alpha value is 0.619. The quantitative estimate of drug-likeness (QED) is 0.0831. The van der Waals surface area contributed by atoms with Gasteiger partial charge in [0.15, 0.2) is 0 Å². The van der Waals surface area contributed by atoms with Gasteiger partial charge >= 0.3 is 123 Å². The van der Waals surface area contributed by atoms with Crippen molar-refractivity contribution in [3.05, 3.63) is 0 Å². The summed E-state index contributed by atoms with van der Waals surface area (Å²) in [5, 5.41) is 0. The molecule has 0 heterocycles. The molecular formula is C23H48O2SSn. The summed E-state index contributed by atoms with van der Waals surface area (Å²) in [6.07, 6.45) is 21.8. The van der Waals surface area contributed by atoms with E-state index in [-0.39, 0.29) is 9.24 Å². The predicted octanol–water partition coefficient (Wildman–Crippen LogP) is 7.97. The molecule has 1 atom stereocenters. The van der Waals surface area contributed by atoms with Crippen molar-refractivity contribution in [1.82, 2.24) is 0 Å². The van der Waals surface area contributed by atoms with Crippen LogP contribution in [0.1, 0.15) is 110 Å². The third-order valence-corrected chi connectivity index (χ3v) is 16.0. The molecule has 0 aliphatic rings. The fourth-order valence-corrected chi connectivity index (χ4v) is 5.59. The molecule has 27 heavy (non-hydrogen) atoms. The summed E-state index contributed by atoms with van der Waals surface area (Å²) in [4.78, 5) is 18.6. The van der Waals surface area contributed by atoms with Gasteiger partial charge in [0.2, 0.25) is 0 Å². The van der Waals surface area contributed by atoms with Crippen LogP contribution in [-0.2, 0) is 9.53 Å². The number of rotatable bonds is 19. The maximum absolute atomic E-state index is 11.9. The van der Waals surface area contributed by atoms with Crippen molar-refractivity contribution in [2.24, 2.45) is 0 Å². The molecule has 0 spiro atoms. The minimum atomic E-state index is -2.26. The molecule has 1 unspecified atom stereocenters. The molecule has 0 bridgehead atoms. The van der Waals surface area contributed by atoms with Crippen LogP contribution in [0, 0.1) is 0 Å². The van der Waals surface area contributed by atoms with Crippen LogP contribution in [-0.4, -0.2) is 34.2 Å². The second-order valence-electron chi connectivity index (χ2n) is 9.24. The Kier molecular flexibility index (Phi) is 19.1. The van der Waals surface area contributed by atoms with Crippen molar-refractivity contribution in [1.29, 1.82) is 0 Å². The van der Waals surface area contributed by atoms with Crippen molar-refractivity contribution in [3.63, 3.8) is 0 Å². The molecule has 2 nitrogen and oxygen atoms in total. The number of ether oxygens (including phenoxy) is 1. The summed E-state index contributed by atoms with van der Waals surface area (Å²) >= 11 is 2.19. The first kappa shape index (κ1) is 27.6. The molecule has 0 aromatic carbocycles. The fraction of sp³-hybridized carbons (Fsp3) is 0.957. The average molecular weight is 507 g/mol. The van der Waals surface area contributed by atoms with E-state index >= 15 is 0 Å². The topological polar surface area (TPSA) is 26.3 Å². The normalized spacial score (nSPS) is 12.9. The van der Waals surface area contributed by atoms with Gasteiger partial charge in [-0.3, -0.25) is 0 Å². The maximum atomic E-state index is 11.9. The van der Waals surface area contributed by atoms with E-state index in [1.54, 1.807) is 0 Å². The van der Waals surface area contributed by atoms with Gasteiger partial charge in [-0.05, 0) is 0 Å². The van der Waals surface area contributed by atoms with Gasteiger partial charge in [0, 0.05) is 0 Å². The van der Waals surface area contributed by atoms with E-state index in [4.69, 9.17) is 4.74 Å². The van der Waals surface area contributed by atoms with E-state index in [0.29, 0.717) is 6.61 Å². The molecule has 0 fully saturated rings. The average Bonchev–Trinajstić information content (AvgIpc) is 2.62. The van der Waals surface area contributed by atoms with Gasteiger partial charge in [-0.15, -0.1) is 0 Å². The number of unbranched alkanes of at least 4 members (excludes halogenated alkanes) is 15. The molecule has 162 valence electrons. The van der Waals surface area contributed by atoms with Crippen LogP contribution in [0.4, 0.5) is 0 Å². The Bertz CT molecular complexity index is 342. The molecule has 4 heteroatoms. The molecular weight excluding hydrogens is 459 g/mol. The summed E-state index contributed by atoms with van der Waals surface area (Å²) in [5.74, 6) is -0.0809. The second-order valence-corrected chi connectivity index (χ2v) is 26.3. The van der Waals surface area contributed by atoms with Crippen molar-refractivity contribution in [2.75, 3.05) is 6.61 Å². The Morgan fingerprint density at radius 2 is 1.04 bits per heavy atom. The van der Waals surface area contributed by atoms with Crippen molar-refractivity contribution >= 4 is 37.0 Å². The third-order valence-electron chi connectivity index (χ3n) is 5.29. The van der Waals surface area contributed by atoms with Crippen LogP contribution in [0.3, 0.4) is 0 Å². The van der Waals surface area contributed by atoms with E-state index in [9.17, 15) is 4.79 Å². The molecule has 0 rings (SSSR count). The number of carbonyl (C=O) groups is 1. The number of hydrogen-bond donors (Lipinski definition) is 1. The number of thiol groups is 1. The third kappa shape index (κ3) is 18.4. The zero-order valence-electron chi connectivity index (χ0n) is 18.9.